The highest BCUT2D eigenvalue weighted by atomic mass is 16.5. The molecule has 0 unspecified atom stereocenters. The number of hydrogen-bond donors (Lipinski definition) is 3. The van der Waals surface area contributed by atoms with Crippen molar-refractivity contribution in [3.8, 4) is 11.5 Å². The lowest BCUT2D eigenvalue weighted by Gasteiger charge is -2.19. The number of benzene rings is 2. The summed E-state index contributed by atoms with van der Waals surface area (Å²) in [6.07, 6.45) is 0. The van der Waals surface area contributed by atoms with Crippen LogP contribution in [-0.2, 0) is 9.53 Å². The molecular weight excluding hydrogens is 350 g/mol. The Labute approximate surface area is 154 Å². The van der Waals surface area contributed by atoms with Crippen molar-refractivity contribution in [3.05, 3.63) is 54.1 Å². The number of nitrogens with zero attached hydrogens (tertiary/aromatic N) is 1. The van der Waals surface area contributed by atoms with Gasteiger partial charge in [-0.1, -0.05) is 6.58 Å². The Bertz CT molecular complexity index is 1030. The highest BCUT2D eigenvalue weighted by molar-refractivity contribution is 5.94. The quantitative estimate of drug-likeness (QED) is 0.267. The maximum atomic E-state index is 11.9. The molecule has 3 N–H and O–H groups in total. The van der Waals surface area contributed by atoms with Gasteiger partial charge in [0.2, 0.25) is 0 Å². The molecule has 0 fully saturated rings. The Morgan fingerprint density at radius 2 is 2.04 bits per heavy atom. The summed E-state index contributed by atoms with van der Waals surface area (Å²) in [6, 6.07) is 9.53. The maximum Gasteiger partial charge on any atom is 0.338 e. The van der Waals surface area contributed by atoms with Crippen LogP contribution in [0.2, 0.25) is 0 Å². The maximum absolute atomic E-state index is 11.9. The molecule has 27 heavy (non-hydrogen) atoms. The molecular formula is C19H19N3O5. The SMILES string of the molecule is C=C(C)C(=O)Oc1ccc(Nn2[nH]c3ccc(C(=O)OCC)cc32)c(O)c1. The number of H-pyrrole nitrogens is 1. The Morgan fingerprint density at radius 1 is 1.26 bits per heavy atom. The average molecular weight is 369 g/mol. The molecule has 1 aromatic heterocycles. The summed E-state index contributed by atoms with van der Waals surface area (Å²) in [6.45, 7) is 7.08. The predicted octanol–water partition coefficient (Wildman–Crippen LogP) is 3.21. The molecule has 0 aliphatic rings. The summed E-state index contributed by atoms with van der Waals surface area (Å²) in [5.41, 5.74) is 5.57. The highest BCUT2D eigenvalue weighted by Crippen LogP contribution is 2.29. The van der Waals surface area contributed by atoms with Gasteiger partial charge in [0.25, 0.3) is 0 Å². The second-order valence-electron chi connectivity index (χ2n) is 5.86. The third-order valence-corrected chi connectivity index (χ3v) is 3.74. The van der Waals surface area contributed by atoms with E-state index in [1.54, 1.807) is 42.0 Å². The van der Waals surface area contributed by atoms with Crippen molar-refractivity contribution in [2.75, 3.05) is 12.0 Å². The normalized spacial score (nSPS) is 10.6. The van der Waals surface area contributed by atoms with Gasteiger partial charge < -0.3 is 14.6 Å². The van der Waals surface area contributed by atoms with Gasteiger partial charge >= 0.3 is 11.9 Å². The molecule has 0 bridgehead atoms. The summed E-state index contributed by atoms with van der Waals surface area (Å²) in [7, 11) is 0. The van der Waals surface area contributed by atoms with Gasteiger partial charge in [-0.3, -0.25) is 10.5 Å². The van der Waals surface area contributed by atoms with Gasteiger partial charge in [0.15, 0.2) is 0 Å². The number of esters is 2. The number of aromatic amines is 1. The van der Waals surface area contributed by atoms with Crippen LogP contribution in [0.5, 0.6) is 11.5 Å². The predicted molar refractivity (Wildman–Crippen MR) is 99.8 cm³/mol. The zero-order chi connectivity index (χ0) is 19.6. The largest absolute Gasteiger partial charge is 0.506 e. The van der Waals surface area contributed by atoms with Crippen LogP contribution >= 0.6 is 0 Å². The number of aromatic hydroxyl groups is 1. The highest BCUT2D eigenvalue weighted by Gasteiger charge is 2.14. The number of carbonyl (C=O) groups excluding carboxylic acids is 2. The number of phenols is 1. The lowest BCUT2D eigenvalue weighted by atomic mass is 10.2. The number of aromatic nitrogens is 2. The van der Waals surface area contributed by atoms with Gasteiger partial charge in [-0.2, -0.15) is 4.79 Å². The molecule has 8 heteroatoms. The van der Waals surface area contributed by atoms with Crippen molar-refractivity contribution in [1.29, 1.82) is 0 Å². The second kappa shape index (κ2) is 7.28. The minimum atomic E-state index is -0.569. The van der Waals surface area contributed by atoms with E-state index in [-0.39, 0.29) is 17.1 Å². The summed E-state index contributed by atoms with van der Waals surface area (Å²) < 4.78 is 10.1. The van der Waals surface area contributed by atoms with E-state index < -0.39 is 11.9 Å². The molecule has 0 spiro atoms. The Balaban J connectivity index is 1.79. The number of ether oxygens (including phenoxy) is 2. The molecule has 140 valence electrons. The minimum Gasteiger partial charge on any atom is -0.506 e. The smallest absolute Gasteiger partial charge is 0.338 e. The summed E-state index contributed by atoms with van der Waals surface area (Å²) in [5.74, 6) is -0.884. The Hall–Kier alpha value is -3.68. The second-order valence-corrected chi connectivity index (χ2v) is 5.86. The Morgan fingerprint density at radius 3 is 2.70 bits per heavy atom. The molecule has 3 aromatic rings. The molecule has 0 saturated carbocycles. The van der Waals surface area contributed by atoms with Crippen molar-refractivity contribution in [2.45, 2.75) is 13.8 Å². The van der Waals surface area contributed by atoms with Crippen LogP contribution in [0.25, 0.3) is 11.0 Å². The van der Waals surface area contributed by atoms with E-state index in [1.807, 2.05) is 0 Å². The number of anilines is 1. The summed E-state index contributed by atoms with van der Waals surface area (Å²) in [5, 5.41) is 13.2. The van der Waals surface area contributed by atoms with Crippen LogP contribution in [0.15, 0.2) is 48.6 Å². The van der Waals surface area contributed by atoms with Crippen LogP contribution in [-0.4, -0.2) is 33.5 Å². The van der Waals surface area contributed by atoms with Crippen molar-refractivity contribution < 1.29 is 24.2 Å². The fourth-order valence-corrected chi connectivity index (χ4v) is 2.35. The molecule has 8 nitrogen and oxygen atoms in total. The van der Waals surface area contributed by atoms with Gasteiger partial charge in [-0.25, -0.2) is 9.59 Å². The van der Waals surface area contributed by atoms with Gasteiger partial charge in [0.1, 0.15) is 17.0 Å². The Kier molecular flexibility index (Phi) is 4.89. The first-order chi connectivity index (χ1) is 12.9. The van der Waals surface area contributed by atoms with Crippen molar-refractivity contribution >= 4 is 28.7 Å². The van der Waals surface area contributed by atoms with Gasteiger partial charge in [-0.05, 0) is 44.2 Å². The first-order valence-corrected chi connectivity index (χ1v) is 8.24. The summed E-state index contributed by atoms with van der Waals surface area (Å²) in [4.78, 5) is 24.9. The van der Waals surface area contributed by atoms with E-state index in [0.29, 0.717) is 17.9 Å². The van der Waals surface area contributed by atoms with Crippen LogP contribution < -0.4 is 10.2 Å². The molecule has 0 amide bonds. The minimum absolute atomic E-state index is 0.112. The molecule has 0 saturated heterocycles. The third-order valence-electron chi connectivity index (χ3n) is 3.74. The van der Waals surface area contributed by atoms with Gasteiger partial charge in [0.05, 0.1) is 23.4 Å². The monoisotopic (exact) mass is 369 g/mol. The summed E-state index contributed by atoms with van der Waals surface area (Å²) >= 11 is 0. The van der Waals surface area contributed by atoms with E-state index in [0.717, 1.165) is 11.0 Å². The molecule has 2 aromatic carbocycles. The number of rotatable bonds is 6. The lowest BCUT2D eigenvalue weighted by molar-refractivity contribution is -0.130. The fourth-order valence-electron chi connectivity index (χ4n) is 2.35. The van der Waals surface area contributed by atoms with Gasteiger partial charge in [-0.15, -0.1) is 0 Å². The van der Waals surface area contributed by atoms with E-state index >= 15 is 0 Å². The lowest BCUT2D eigenvalue weighted by Crippen LogP contribution is -2.19. The topological polar surface area (TPSA) is 106 Å². The van der Waals surface area contributed by atoms with E-state index in [1.165, 1.54) is 13.0 Å². The van der Waals surface area contributed by atoms with Crippen molar-refractivity contribution in [1.82, 2.24) is 9.89 Å². The first kappa shape index (κ1) is 18.1. The average Bonchev–Trinajstić information content (AvgIpc) is 2.61. The number of phenolic OH excluding ortho intramolecular Hbond substituents is 1. The molecule has 0 radical (unpaired) electrons. The van der Waals surface area contributed by atoms with Crippen LogP contribution in [0, 0.1) is 0 Å². The van der Waals surface area contributed by atoms with E-state index in [9.17, 15) is 14.7 Å². The van der Waals surface area contributed by atoms with Gasteiger partial charge in [0, 0.05) is 11.6 Å². The fraction of sp³-hybridized carbons (Fsp3) is 0.158. The number of nitrogens with one attached hydrogen (secondary N) is 2. The molecule has 0 aliphatic heterocycles. The number of hydrogen-bond acceptors (Lipinski definition) is 6. The van der Waals surface area contributed by atoms with Crippen LogP contribution in [0.4, 0.5) is 5.69 Å². The standard InChI is InChI=1S/C19H19N3O5/c1-4-26-19(25)12-5-7-14-16(9-12)22(20-14)21-15-8-6-13(10-17(15)23)27-18(24)11(2)3/h5-10,20-21,23H,2,4H2,1,3H3. The zero-order valence-corrected chi connectivity index (χ0v) is 14.9. The van der Waals surface area contributed by atoms with Crippen LogP contribution in [0.3, 0.4) is 0 Å². The van der Waals surface area contributed by atoms with Crippen molar-refractivity contribution in [2.24, 2.45) is 0 Å². The van der Waals surface area contributed by atoms with E-state index in [4.69, 9.17) is 9.47 Å². The van der Waals surface area contributed by atoms with Crippen LogP contribution in [0.1, 0.15) is 24.2 Å². The zero-order valence-electron chi connectivity index (χ0n) is 14.9. The number of fused-ring (bicyclic) bond motifs is 1. The molecule has 1 heterocycles. The third kappa shape index (κ3) is 3.79. The number of carbonyl (C=O) groups is 2. The van der Waals surface area contributed by atoms with E-state index in [2.05, 4.69) is 17.1 Å². The molecule has 3 rings (SSSR count). The first-order valence-electron chi connectivity index (χ1n) is 8.24. The molecule has 0 aliphatic carbocycles. The molecule has 0 atom stereocenters. The van der Waals surface area contributed by atoms with Crippen molar-refractivity contribution in [3.63, 3.8) is 0 Å².